The number of nitrogens with one attached hydrogen (secondary N) is 3. The minimum absolute atomic E-state index is 0.109. The van der Waals surface area contributed by atoms with Crippen LogP contribution in [0.4, 0.5) is 5.82 Å². The molecule has 0 aliphatic rings. The number of carbonyl (C=O) groups is 1. The highest BCUT2D eigenvalue weighted by Gasteiger charge is 2.12. The summed E-state index contributed by atoms with van der Waals surface area (Å²) in [5, 5.41) is 7.30. The van der Waals surface area contributed by atoms with Crippen molar-refractivity contribution in [3.05, 3.63) is 78.2 Å². The van der Waals surface area contributed by atoms with Gasteiger partial charge in [-0.05, 0) is 47.9 Å². The maximum Gasteiger partial charge on any atom is 0.255 e. The van der Waals surface area contributed by atoms with Gasteiger partial charge in [0.1, 0.15) is 11.5 Å². The number of amides is 1. The van der Waals surface area contributed by atoms with Crippen molar-refractivity contribution in [1.82, 2.24) is 20.3 Å². The van der Waals surface area contributed by atoms with Crippen LogP contribution in [-0.2, 0) is 6.54 Å². The molecule has 29 heavy (non-hydrogen) atoms. The normalized spacial score (nSPS) is 10.8. The largest absolute Gasteiger partial charge is 0.365 e. The van der Waals surface area contributed by atoms with Crippen LogP contribution in [0.1, 0.15) is 29.3 Å². The van der Waals surface area contributed by atoms with Gasteiger partial charge in [-0.2, -0.15) is 0 Å². The minimum Gasteiger partial charge on any atom is -0.365 e. The number of hydrogen-bond acceptors (Lipinski definition) is 4. The Morgan fingerprint density at radius 3 is 2.83 bits per heavy atom. The summed E-state index contributed by atoms with van der Waals surface area (Å²) in [7, 11) is 0. The van der Waals surface area contributed by atoms with Crippen molar-refractivity contribution in [3.63, 3.8) is 0 Å². The van der Waals surface area contributed by atoms with Gasteiger partial charge in [0, 0.05) is 42.6 Å². The maximum absolute atomic E-state index is 12.4. The number of pyridine rings is 2. The first-order chi connectivity index (χ1) is 14.3. The molecule has 3 heterocycles. The molecule has 4 rings (SSSR count). The van der Waals surface area contributed by atoms with Crippen molar-refractivity contribution in [2.45, 2.75) is 19.9 Å². The molecule has 3 N–H and O–H groups in total. The molecule has 6 nitrogen and oxygen atoms in total. The van der Waals surface area contributed by atoms with Gasteiger partial charge in [0.25, 0.3) is 5.91 Å². The van der Waals surface area contributed by atoms with Crippen LogP contribution in [-0.4, -0.2) is 27.4 Å². The van der Waals surface area contributed by atoms with Crippen LogP contribution in [0.5, 0.6) is 0 Å². The molecule has 4 aromatic rings. The molecule has 1 aromatic carbocycles. The van der Waals surface area contributed by atoms with Crippen LogP contribution in [0.25, 0.3) is 22.2 Å². The number of hydrogen-bond donors (Lipinski definition) is 3. The molecule has 0 bridgehead atoms. The molecular formula is C23H23N5O. The molecule has 1 amide bonds. The fourth-order valence-corrected chi connectivity index (χ4v) is 3.29. The second kappa shape index (κ2) is 8.56. The van der Waals surface area contributed by atoms with E-state index >= 15 is 0 Å². The van der Waals surface area contributed by atoms with Crippen molar-refractivity contribution >= 4 is 22.8 Å². The first kappa shape index (κ1) is 18.7. The lowest BCUT2D eigenvalue weighted by molar-refractivity contribution is 0.0954. The molecule has 0 radical (unpaired) electrons. The van der Waals surface area contributed by atoms with Gasteiger partial charge in [0.15, 0.2) is 0 Å². The van der Waals surface area contributed by atoms with Crippen molar-refractivity contribution < 1.29 is 4.79 Å². The Hall–Kier alpha value is -3.67. The van der Waals surface area contributed by atoms with E-state index < -0.39 is 0 Å². The fourth-order valence-electron chi connectivity index (χ4n) is 3.29. The van der Waals surface area contributed by atoms with Crippen LogP contribution < -0.4 is 10.6 Å². The predicted molar refractivity (Wildman–Crippen MR) is 116 cm³/mol. The zero-order valence-electron chi connectivity index (χ0n) is 16.3. The highest BCUT2D eigenvalue weighted by molar-refractivity contribution is 5.98. The minimum atomic E-state index is -0.109. The van der Waals surface area contributed by atoms with Gasteiger partial charge in [-0.3, -0.25) is 4.79 Å². The van der Waals surface area contributed by atoms with Crippen molar-refractivity contribution in [2.24, 2.45) is 0 Å². The van der Waals surface area contributed by atoms with Crippen molar-refractivity contribution in [1.29, 1.82) is 0 Å². The summed E-state index contributed by atoms with van der Waals surface area (Å²) in [5.41, 5.74) is 4.77. The third-order valence-electron chi connectivity index (χ3n) is 4.74. The zero-order chi connectivity index (χ0) is 20.1. The Kier molecular flexibility index (Phi) is 5.52. The monoisotopic (exact) mass is 385 g/mol. The molecule has 0 saturated heterocycles. The molecule has 0 saturated carbocycles. The highest BCUT2D eigenvalue weighted by atomic mass is 16.1. The first-order valence-electron chi connectivity index (χ1n) is 9.74. The number of aromatic nitrogens is 3. The first-order valence-corrected chi connectivity index (χ1v) is 9.74. The molecule has 0 aliphatic heterocycles. The number of nitrogens with zero attached hydrogens (tertiary/aromatic N) is 2. The van der Waals surface area contributed by atoms with E-state index in [1.54, 1.807) is 24.5 Å². The summed E-state index contributed by atoms with van der Waals surface area (Å²) in [6.45, 7) is 3.24. The van der Waals surface area contributed by atoms with Crippen LogP contribution in [0, 0.1) is 0 Å². The van der Waals surface area contributed by atoms with Gasteiger partial charge in [-0.25, -0.2) is 9.97 Å². The molecule has 0 atom stereocenters. The number of H-pyrrole nitrogens is 1. The van der Waals surface area contributed by atoms with Crippen molar-refractivity contribution in [3.8, 4) is 11.1 Å². The molecule has 0 spiro atoms. The Morgan fingerprint density at radius 2 is 1.93 bits per heavy atom. The van der Waals surface area contributed by atoms with Crippen LogP contribution >= 0.6 is 0 Å². The SMILES string of the molecule is CCCNC(=O)c1cccnc1NCc1cccc(-c2c[nH]c3ncccc23)c1. The number of carbonyl (C=O) groups excluding carboxylic acids is 1. The van der Waals surface area contributed by atoms with E-state index in [2.05, 4.69) is 49.9 Å². The average molecular weight is 385 g/mol. The number of fused-ring (bicyclic) bond motifs is 1. The summed E-state index contributed by atoms with van der Waals surface area (Å²) >= 11 is 0. The van der Waals surface area contributed by atoms with E-state index in [0.717, 1.165) is 34.1 Å². The lowest BCUT2D eigenvalue weighted by atomic mass is 10.0. The van der Waals surface area contributed by atoms with E-state index in [0.29, 0.717) is 24.5 Å². The molecule has 3 aromatic heterocycles. The van der Waals surface area contributed by atoms with Gasteiger partial charge in [0.2, 0.25) is 0 Å². The second-order valence-electron chi connectivity index (χ2n) is 6.81. The predicted octanol–water partition coefficient (Wildman–Crippen LogP) is 4.38. The number of benzene rings is 1. The van der Waals surface area contributed by atoms with Gasteiger partial charge in [0.05, 0.1) is 5.56 Å². The molecular weight excluding hydrogens is 362 g/mol. The van der Waals surface area contributed by atoms with E-state index in [-0.39, 0.29) is 5.91 Å². The number of rotatable bonds is 7. The molecule has 0 aliphatic carbocycles. The smallest absolute Gasteiger partial charge is 0.255 e. The van der Waals surface area contributed by atoms with Gasteiger partial charge < -0.3 is 15.6 Å². The summed E-state index contributed by atoms with van der Waals surface area (Å²) in [6.07, 6.45) is 6.35. The highest BCUT2D eigenvalue weighted by Crippen LogP contribution is 2.28. The van der Waals surface area contributed by atoms with E-state index in [1.807, 2.05) is 25.3 Å². The average Bonchev–Trinajstić information content (AvgIpc) is 3.21. The quantitative estimate of drug-likeness (QED) is 0.441. The standard InChI is InChI=1S/C23H23N5O/c1-2-10-26-23(29)19-9-5-12-25-22(19)27-14-16-6-3-7-17(13-16)20-15-28-21-18(20)8-4-11-24-21/h3-9,11-13,15H,2,10,14H2,1H3,(H,24,28)(H,25,27)(H,26,29). The van der Waals surface area contributed by atoms with Crippen LogP contribution in [0.2, 0.25) is 0 Å². The maximum atomic E-state index is 12.4. The Labute approximate surface area is 169 Å². The Bertz CT molecular complexity index is 1130. The Balaban J connectivity index is 1.53. The topological polar surface area (TPSA) is 82.7 Å². The number of aromatic amines is 1. The summed E-state index contributed by atoms with van der Waals surface area (Å²) in [4.78, 5) is 24.3. The van der Waals surface area contributed by atoms with E-state index in [9.17, 15) is 4.79 Å². The van der Waals surface area contributed by atoms with Gasteiger partial charge >= 0.3 is 0 Å². The summed E-state index contributed by atoms with van der Waals surface area (Å²) in [5.74, 6) is 0.477. The fraction of sp³-hybridized carbons (Fsp3) is 0.174. The van der Waals surface area contributed by atoms with E-state index in [4.69, 9.17) is 0 Å². The molecule has 146 valence electrons. The Morgan fingerprint density at radius 1 is 1.07 bits per heavy atom. The number of anilines is 1. The molecule has 6 heteroatoms. The third-order valence-corrected chi connectivity index (χ3v) is 4.74. The van der Waals surface area contributed by atoms with Gasteiger partial charge in [-0.15, -0.1) is 0 Å². The summed E-state index contributed by atoms with van der Waals surface area (Å²) in [6, 6.07) is 15.9. The molecule has 0 unspecified atom stereocenters. The van der Waals surface area contributed by atoms with Gasteiger partial charge in [-0.1, -0.05) is 25.1 Å². The van der Waals surface area contributed by atoms with E-state index in [1.165, 1.54) is 0 Å². The van der Waals surface area contributed by atoms with Crippen molar-refractivity contribution in [2.75, 3.05) is 11.9 Å². The third kappa shape index (κ3) is 4.11. The van der Waals surface area contributed by atoms with Crippen LogP contribution in [0.15, 0.2) is 67.1 Å². The second-order valence-corrected chi connectivity index (χ2v) is 6.81. The lowest BCUT2D eigenvalue weighted by Crippen LogP contribution is -2.25. The lowest BCUT2D eigenvalue weighted by Gasteiger charge is -2.11. The zero-order valence-corrected chi connectivity index (χ0v) is 16.3. The summed E-state index contributed by atoms with van der Waals surface area (Å²) < 4.78 is 0. The van der Waals surface area contributed by atoms with Crippen LogP contribution in [0.3, 0.4) is 0 Å². The molecule has 0 fully saturated rings.